The maximum absolute atomic E-state index is 12.8. The number of carbonyl (C=O) groups is 2. The first kappa shape index (κ1) is 55.1. The lowest BCUT2D eigenvalue weighted by molar-refractivity contribution is -0.297. The third kappa shape index (κ3) is 31.0. The van der Waals surface area contributed by atoms with Crippen LogP contribution in [0.15, 0.2) is 73.4 Å². The molecule has 0 amide bonds. The van der Waals surface area contributed by atoms with Gasteiger partial charge in [0.15, 0.2) is 12.4 Å². The number of hydrogen-bond acceptors (Lipinski definition) is 11. The molecule has 13 heteroatoms. The molecule has 0 aromatic carbocycles. The van der Waals surface area contributed by atoms with Gasteiger partial charge in [-0.2, -0.15) is 8.42 Å². The zero-order valence-electron chi connectivity index (χ0n) is 36.4. The predicted octanol–water partition coefficient (Wildman–Crippen LogP) is 9.11. The van der Waals surface area contributed by atoms with Gasteiger partial charge in [0, 0.05) is 12.8 Å². The fraction of sp³-hybridized carbons (Fsp3) is 0.702. The van der Waals surface area contributed by atoms with E-state index in [-0.39, 0.29) is 19.4 Å². The molecule has 1 aliphatic heterocycles. The summed E-state index contributed by atoms with van der Waals surface area (Å²) in [7, 11) is -4.61. The van der Waals surface area contributed by atoms with Crippen molar-refractivity contribution in [3.8, 4) is 0 Å². The van der Waals surface area contributed by atoms with Crippen molar-refractivity contribution in [3.63, 3.8) is 0 Å². The predicted molar refractivity (Wildman–Crippen MR) is 238 cm³/mol. The van der Waals surface area contributed by atoms with Gasteiger partial charge in [0.25, 0.3) is 10.1 Å². The second-order valence-electron chi connectivity index (χ2n) is 15.4. The molecule has 12 nitrogen and oxygen atoms in total. The van der Waals surface area contributed by atoms with Crippen molar-refractivity contribution < 1.29 is 56.8 Å². The maximum atomic E-state index is 12.8. The summed E-state index contributed by atoms with van der Waals surface area (Å²) in [6, 6.07) is 0. The lowest BCUT2D eigenvalue weighted by Gasteiger charge is -2.40. The van der Waals surface area contributed by atoms with E-state index < -0.39 is 71.2 Å². The van der Waals surface area contributed by atoms with Crippen LogP contribution in [0.5, 0.6) is 0 Å². The quantitative estimate of drug-likeness (QED) is 0.0201. The highest BCUT2D eigenvalue weighted by molar-refractivity contribution is 7.85. The molecule has 344 valence electrons. The van der Waals surface area contributed by atoms with Crippen LogP contribution in [0.1, 0.15) is 155 Å². The monoisotopic (exact) mass is 867 g/mol. The van der Waals surface area contributed by atoms with E-state index in [1.165, 1.54) is 57.8 Å². The summed E-state index contributed by atoms with van der Waals surface area (Å²) < 4.78 is 54.0. The second-order valence-corrected chi connectivity index (χ2v) is 16.9. The van der Waals surface area contributed by atoms with E-state index in [4.69, 9.17) is 18.9 Å². The molecule has 0 radical (unpaired) electrons. The molecule has 4 N–H and O–H groups in total. The third-order valence-electron chi connectivity index (χ3n) is 9.92. The summed E-state index contributed by atoms with van der Waals surface area (Å²) in [6.45, 7) is 5.11. The number of rotatable bonds is 37. The normalized spacial score (nSPS) is 20.6. The lowest BCUT2D eigenvalue weighted by atomic mass is 10.00. The van der Waals surface area contributed by atoms with Crippen molar-refractivity contribution in [1.82, 2.24) is 0 Å². The smallest absolute Gasteiger partial charge is 0.306 e. The first-order valence-electron chi connectivity index (χ1n) is 22.5. The van der Waals surface area contributed by atoms with Crippen LogP contribution in [0.3, 0.4) is 0 Å². The Morgan fingerprint density at radius 2 is 1.10 bits per heavy atom. The minimum atomic E-state index is -4.61. The van der Waals surface area contributed by atoms with Gasteiger partial charge >= 0.3 is 11.9 Å². The van der Waals surface area contributed by atoms with Crippen LogP contribution in [0.2, 0.25) is 0 Å². The number of aliphatic hydroxyl groups excluding tert-OH is 3. The van der Waals surface area contributed by atoms with Crippen molar-refractivity contribution in [2.45, 2.75) is 191 Å². The van der Waals surface area contributed by atoms with Crippen molar-refractivity contribution in [3.05, 3.63) is 73.4 Å². The van der Waals surface area contributed by atoms with Gasteiger partial charge in [0.1, 0.15) is 36.8 Å². The van der Waals surface area contributed by atoms with Gasteiger partial charge in [-0.25, -0.2) is 0 Å². The van der Waals surface area contributed by atoms with Gasteiger partial charge < -0.3 is 34.3 Å². The number of allylic oxidation sites excluding steroid dienone is 11. The minimum absolute atomic E-state index is 0.0824. The van der Waals surface area contributed by atoms with Gasteiger partial charge in [0.05, 0.1) is 6.61 Å². The summed E-state index contributed by atoms with van der Waals surface area (Å²) in [4.78, 5) is 25.4. The average Bonchev–Trinajstić information content (AvgIpc) is 3.21. The first-order chi connectivity index (χ1) is 29.0. The Balaban J connectivity index is 2.49. The fourth-order valence-corrected chi connectivity index (χ4v) is 7.15. The van der Waals surface area contributed by atoms with Crippen molar-refractivity contribution in [1.29, 1.82) is 0 Å². The Labute approximate surface area is 361 Å². The molecular weight excluding hydrogens is 789 g/mol. The molecule has 1 rings (SSSR count). The number of hydrogen-bond donors (Lipinski definition) is 4. The Morgan fingerprint density at radius 3 is 1.62 bits per heavy atom. The zero-order chi connectivity index (χ0) is 44.1. The first-order valence-corrected chi connectivity index (χ1v) is 24.1. The van der Waals surface area contributed by atoms with E-state index in [0.29, 0.717) is 19.3 Å². The van der Waals surface area contributed by atoms with Crippen molar-refractivity contribution in [2.24, 2.45) is 0 Å². The second kappa shape index (κ2) is 36.7. The van der Waals surface area contributed by atoms with E-state index in [9.17, 15) is 37.9 Å². The summed E-state index contributed by atoms with van der Waals surface area (Å²) >= 11 is 0. The molecule has 1 saturated heterocycles. The lowest BCUT2D eigenvalue weighted by Crippen LogP contribution is -2.60. The number of carbonyl (C=O) groups excluding carboxylic acids is 2. The standard InChI is InChI=1S/C47H78O12S/c1-3-5-7-9-11-13-15-17-19-20-22-24-26-28-30-32-34-36-43(49)58-40(38-57-47-46(52)45(51)44(50)41(59-47)39-60(53,54)55)37-56-42(48)35-33-31-29-27-25-23-21-18-16-14-12-10-8-6-4-2/h4-5,7,11,13,17,19,22,24,28,30,40-41,44-47,50-52H,2-3,6,8-10,12,14-16,18,20-21,23,25-27,29,31-39H2,1H3,(H,53,54,55)/b7-5+,13-11+,19-17+,24-22+,30-28+/t40-,41-,44-,45?,46?,47+/m1/s1. The Kier molecular flexibility index (Phi) is 33.7. The van der Waals surface area contributed by atoms with Crippen LogP contribution in [0, 0.1) is 0 Å². The van der Waals surface area contributed by atoms with Crippen LogP contribution >= 0.6 is 0 Å². The molecule has 0 spiro atoms. The molecule has 2 unspecified atom stereocenters. The molecule has 0 aromatic rings. The fourth-order valence-electron chi connectivity index (χ4n) is 6.46. The maximum Gasteiger partial charge on any atom is 0.306 e. The van der Waals surface area contributed by atoms with E-state index >= 15 is 0 Å². The van der Waals surface area contributed by atoms with Crippen LogP contribution in [-0.4, -0.2) is 96.0 Å². The summed E-state index contributed by atoms with van der Waals surface area (Å²) in [5.74, 6) is -2.07. The molecule has 0 bridgehead atoms. The Bertz CT molecular complexity index is 1370. The summed E-state index contributed by atoms with van der Waals surface area (Å²) in [6.07, 6.45) is 35.6. The topological polar surface area (TPSA) is 186 Å². The highest BCUT2D eigenvalue weighted by atomic mass is 32.2. The highest BCUT2D eigenvalue weighted by Crippen LogP contribution is 2.24. The summed E-state index contributed by atoms with van der Waals surface area (Å²) in [5, 5.41) is 30.9. The zero-order valence-corrected chi connectivity index (χ0v) is 37.2. The van der Waals surface area contributed by atoms with Crippen LogP contribution in [0.4, 0.5) is 0 Å². The molecule has 1 aliphatic rings. The molecule has 6 atom stereocenters. The summed E-state index contributed by atoms with van der Waals surface area (Å²) in [5.41, 5.74) is 0. The molecule has 0 aliphatic carbocycles. The molecule has 1 fully saturated rings. The van der Waals surface area contributed by atoms with Crippen LogP contribution in [-0.2, 0) is 38.7 Å². The van der Waals surface area contributed by atoms with Crippen LogP contribution < -0.4 is 0 Å². The number of unbranched alkanes of at least 4 members (excludes halogenated alkanes) is 14. The van der Waals surface area contributed by atoms with E-state index in [0.717, 1.165) is 57.8 Å². The van der Waals surface area contributed by atoms with Gasteiger partial charge in [-0.1, -0.05) is 144 Å². The number of aliphatic hydroxyl groups is 3. The minimum Gasteiger partial charge on any atom is -0.462 e. The molecular formula is C47H78O12S. The molecule has 0 aromatic heterocycles. The van der Waals surface area contributed by atoms with E-state index in [1.807, 2.05) is 18.2 Å². The SMILES string of the molecule is C=CCCCCCCCCCCCCCCCC(=O)OC[C@H](CO[C@H]1O[C@H](CS(=O)(=O)O)[C@@H](O)C(O)C1O)OC(=O)CCC/C=C/C/C=C/C/C=C/C/C=C/C/C=C/CC. The average molecular weight is 867 g/mol. The molecule has 0 saturated carbocycles. The Hall–Kier alpha value is -2.91. The largest absolute Gasteiger partial charge is 0.462 e. The van der Waals surface area contributed by atoms with Crippen molar-refractivity contribution >= 4 is 22.1 Å². The van der Waals surface area contributed by atoms with Gasteiger partial charge in [-0.3, -0.25) is 14.1 Å². The van der Waals surface area contributed by atoms with E-state index in [2.05, 4.69) is 62.1 Å². The highest BCUT2D eigenvalue weighted by Gasteiger charge is 2.46. The van der Waals surface area contributed by atoms with E-state index in [1.54, 1.807) is 0 Å². The number of ether oxygens (including phenoxy) is 4. The third-order valence-corrected chi connectivity index (χ3v) is 10.7. The molecule has 1 heterocycles. The molecule has 60 heavy (non-hydrogen) atoms. The van der Waals surface area contributed by atoms with Gasteiger partial charge in [-0.05, 0) is 64.2 Å². The van der Waals surface area contributed by atoms with Gasteiger partial charge in [0.2, 0.25) is 0 Å². The van der Waals surface area contributed by atoms with Crippen molar-refractivity contribution in [2.75, 3.05) is 19.0 Å². The number of esters is 2. The Morgan fingerprint density at radius 1 is 0.617 bits per heavy atom. The van der Waals surface area contributed by atoms with Crippen LogP contribution in [0.25, 0.3) is 0 Å². The van der Waals surface area contributed by atoms with Gasteiger partial charge in [-0.15, -0.1) is 6.58 Å².